The van der Waals surface area contributed by atoms with Gasteiger partial charge in [-0.1, -0.05) is 12.1 Å². The van der Waals surface area contributed by atoms with Gasteiger partial charge < -0.3 is 21.3 Å². The smallest absolute Gasteiger partial charge is 0.397 e. The fourth-order valence-corrected chi connectivity index (χ4v) is 3.90. The van der Waals surface area contributed by atoms with Gasteiger partial charge in [-0.15, -0.1) is 0 Å². The van der Waals surface area contributed by atoms with E-state index in [0.717, 1.165) is 22.9 Å². The first kappa shape index (κ1) is 29.7. The molecule has 3 rings (SSSR count). The summed E-state index contributed by atoms with van der Waals surface area (Å²) in [5, 5.41) is 11.1. The SMILES string of the molecule is Cc1ccc(C(=O)Nc2ccc(CNCCN(C)C)c(C(F)(F)F)c2)cc1N(N)/C=C(\N)c1cnn(C)c1C. The van der Waals surface area contributed by atoms with Crippen LogP contribution >= 0.6 is 0 Å². The Morgan fingerprint density at radius 1 is 1.15 bits per heavy atom. The molecule has 12 heteroatoms. The molecule has 0 aliphatic carbocycles. The number of aryl methyl sites for hydroxylation is 2. The summed E-state index contributed by atoms with van der Waals surface area (Å²) >= 11 is 0. The van der Waals surface area contributed by atoms with E-state index in [1.807, 2.05) is 32.8 Å². The minimum Gasteiger partial charge on any atom is -0.397 e. The number of nitrogens with two attached hydrogens (primary N) is 2. The maximum atomic E-state index is 13.8. The Bertz CT molecular complexity index is 1350. The van der Waals surface area contributed by atoms with Gasteiger partial charge in [0, 0.05) is 55.4 Å². The third-order valence-electron chi connectivity index (χ3n) is 6.30. The number of alkyl halides is 3. The number of hydrazine groups is 1. The lowest BCUT2D eigenvalue weighted by Crippen LogP contribution is -2.27. The van der Waals surface area contributed by atoms with E-state index in [9.17, 15) is 18.0 Å². The monoisotopic (exact) mass is 544 g/mol. The molecule has 2 aromatic carbocycles. The van der Waals surface area contributed by atoms with Crippen molar-refractivity contribution in [3.63, 3.8) is 0 Å². The van der Waals surface area contributed by atoms with E-state index in [4.69, 9.17) is 11.6 Å². The molecule has 1 amide bonds. The van der Waals surface area contributed by atoms with Crippen LogP contribution in [0, 0.1) is 13.8 Å². The number of halogens is 3. The summed E-state index contributed by atoms with van der Waals surface area (Å²) in [6.07, 6.45) is -1.42. The molecule has 210 valence electrons. The quantitative estimate of drug-likeness (QED) is 0.175. The second-order valence-electron chi connectivity index (χ2n) is 9.56. The predicted octanol–water partition coefficient (Wildman–Crippen LogP) is 3.60. The molecule has 0 saturated heterocycles. The maximum absolute atomic E-state index is 13.8. The number of hydrogen-bond donors (Lipinski definition) is 4. The predicted molar refractivity (Wildman–Crippen MR) is 148 cm³/mol. The van der Waals surface area contributed by atoms with Crippen molar-refractivity contribution in [1.82, 2.24) is 20.0 Å². The Morgan fingerprint density at radius 2 is 1.87 bits per heavy atom. The van der Waals surface area contributed by atoms with Gasteiger partial charge in [0.1, 0.15) is 0 Å². The normalized spacial score (nSPS) is 12.2. The standard InChI is InChI=1S/C27H35F3N8O/c1-17-6-7-19(12-25(17)38(32)16-24(31)22-15-34-37(5)18(22)2)26(39)35-21-9-8-20(14-33-10-11-36(3)4)23(13-21)27(28,29)30/h6-9,12-13,15-16,33H,10-11,14,31-32H2,1-5H3,(H,35,39)/b24-16-. The van der Waals surface area contributed by atoms with Crippen molar-refractivity contribution in [1.29, 1.82) is 0 Å². The molecule has 6 N–H and O–H groups in total. The minimum absolute atomic E-state index is 0.0345. The lowest BCUT2D eigenvalue weighted by molar-refractivity contribution is -0.138. The zero-order valence-corrected chi connectivity index (χ0v) is 22.7. The number of nitrogens with one attached hydrogen (secondary N) is 2. The number of anilines is 2. The first-order valence-corrected chi connectivity index (χ1v) is 12.3. The molecule has 0 saturated carbocycles. The van der Waals surface area contributed by atoms with Gasteiger partial charge in [0.2, 0.25) is 0 Å². The van der Waals surface area contributed by atoms with E-state index in [2.05, 4.69) is 15.7 Å². The van der Waals surface area contributed by atoms with Gasteiger partial charge in [-0.05, 0) is 63.3 Å². The number of carbonyl (C=O) groups is 1. The number of rotatable bonds is 10. The molecule has 39 heavy (non-hydrogen) atoms. The molecule has 1 aromatic heterocycles. The summed E-state index contributed by atoms with van der Waals surface area (Å²) in [4.78, 5) is 14.9. The molecule has 0 radical (unpaired) electrons. The van der Waals surface area contributed by atoms with E-state index < -0.39 is 17.6 Å². The zero-order chi connectivity index (χ0) is 28.9. The van der Waals surface area contributed by atoms with Crippen molar-refractivity contribution >= 4 is 23.0 Å². The largest absolute Gasteiger partial charge is 0.416 e. The minimum atomic E-state index is -4.57. The molecule has 0 atom stereocenters. The lowest BCUT2D eigenvalue weighted by atomic mass is 10.0. The maximum Gasteiger partial charge on any atom is 0.416 e. The van der Waals surface area contributed by atoms with E-state index in [-0.39, 0.29) is 23.4 Å². The molecule has 9 nitrogen and oxygen atoms in total. The highest BCUT2D eigenvalue weighted by Crippen LogP contribution is 2.34. The average Bonchev–Trinajstić information content (AvgIpc) is 3.19. The molecule has 0 aliphatic heterocycles. The van der Waals surface area contributed by atoms with Crippen molar-refractivity contribution < 1.29 is 18.0 Å². The fraction of sp³-hybridized carbons (Fsp3) is 0.333. The number of nitrogens with zero attached hydrogens (tertiary/aromatic N) is 4. The Kier molecular flexibility index (Phi) is 9.38. The van der Waals surface area contributed by atoms with Gasteiger partial charge in [0.25, 0.3) is 5.91 Å². The summed E-state index contributed by atoms with van der Waals surface area (Å²) in [6.45, 7) is 4.98. The van der Waals surface area contributed by atoms with Crippen LogP contribution in [0.2, 0.25) is 0 Å². The van der Waals surface area contributed by atoms with Crippen LogP contribution in [0.5, 0.6) is 0 Å². The number of benzene rings is 2. The highest BCUT2D eigenvalue weighted by Gasteiger charge is 2.33. The third-order valence-corrected chi connectivity index (χ3v) is 6.30. The molecule has 0 unspecified atom stereocenters. The topological polar surface area (TPSA) is 117 Å². The van der Waals surface area contributed by atoms with Crippen LogP contribution in [0.15, 0.2) is 48.8 Å². The van der Waals surface area contributed by atoms with Gasteiger partial charge in [-0.3, -0.25) is 14.5 Å². The van der Waals surface area contributed by atoms with E-state index in [1.165, 1.54) is 23.3 Å². The van der Waals surface area contributed by atoms with Crippen molar-refractivity contribution in [3.05, 3.63) is 82.3 Å². The van der Waals surface area contributed by atoms with Crippen LogP contribution in [0.25, 0.3) is 5.70 Å². The Labute approximate surface area is 226 Å². The second kappa shape index (κ2) is 12.3. The van der Waals surface area contributed by atoms with Crippen LogP contribution in [0.1, 0.15) is 38.3 Å². The molecule has 0 fully saturated rings. The highest BCUT2D eigenvalue weighted by atomic mass is 19.4. The van der Waals surface area contributed by atoms with Crippen molar-refractivity contribution in [3.8, 4) is 0 Å². The molecule has 0 spiro atoms. The van der Waals surface area contributed by atoms with Gasteiger partial charge in [0.05, 0.1) is 23.1 Å². The summed E-state index contributed by atoms with van der Waals surface area (Å²) < 4.78 is 43.0. The first-order valence-electron chi connectivity index (χ1n) is 12.3. The second-order valence-corrected chi connectivity index (χ2v) is 9.56. The molecule has 3 aromatic rings. The summed E-state index contributed by atoms with van der Waals surface area (Å²) in [5.41, 5.74) is 9.00. The molecule has 0 bridgehead atoms. The summed E-state index contributed by atoms with van der Waals surface area (Å²) in [7, 11) is 5.57. The Hall–Kier alpha value is -3.87. The number of aromatic nitrogens is 2. The molecule has 0 aliphatic rings. The van der Waals surface area contributed by atoms with Crippen molar-refractivity contribution in [2.75, 3.05) is 37.5 Å². The van der Waals surface area contributed by atoms with Gasteiger partial charge in [0.15, 0.2) is 0 Å². The van der Waals surface area contributed by atoms with Gasteiger partial charge in [-0.25, -0.2) is 5.84 Å². The van der Waals surface area contributed by atoms with Gasteiger partial charge in [-0.2, -0.15) is 18.3 Å². The van der Waals surface area contributed by atoms with Crippen LogP contribution in [-0.4, -0.2) is 47.8 Å². The molecular weight excluding hydrogens is 509 g/mol. The van der Waals surface area contributed by atoms with Crippen LogP contribution < -0.4 is 27.2 Å². The van der Waals surface area contributed by atoms with E-state index in [1.54, 1.807) is 36.1 Å². The Morgan fingerprint density at radius 3 is 2.49 bits per heavy atom. The van der Waals surface area contributed by atoms with Crippen molar-refractivity contribution in [2.24, 2.45) is 18.6 Å². The first-order chi connectivity index (χ1) is 18.3. The third kappa shape index (κ3) is 7.59. The number of hydrogen-bond acceptors (Lipinski definition) is 7. The van der Waals surface area contributed by atoms with E-state index >= 15 is 0 Å². The van der Waals surface area contributed by atoms with Crippen LogP contribution in [0.4, 0.5) is 24.5 Å². The molecule has 1 heterocycles. The summed E-state index contributed by atoms with van der Waals surface area (Å²) in [6, 6.07) is 8.61. The number of carbonyl (C=O) groups excluding carboxylic acids is 1. The zero-order valence-electron chi connectivity index (χ0n) is 22.7. The van der Waals surface area contributed by atoms with E-state index in [0.29, 0.717) is 24.5 Å². The van der Waals surface area contributed by atoms with Crippen LogP contribution in [0.3, 0.4) is 0 Å². The number of likely N-dealkylation sites (N-methyl/N-ethyl adjacent to an activating group) is 1. The molecular formula is C27H35F3N8O. The Balaban J connectivity index is 1.80. The lowest BCUT2D eigenvalue weighted by Gasteiger charge is -2.19. The summed E-state index contributed by atoms with van der Waals surface area (Å²) in [5.74, 6) is 5.67. The average molecular weight is 545 g/mol. The highest BCUT2D eigenvalue weighted by molar-refractivity contribution is 6.05. The number of amides is 1. The van der Waals surface area contributed by atoms with Gasteiger partial charge >= 0.3 is 6.18 Å². The van der Waals surface area contributed by atoms with Crippen LogP contribution in [-0.2, 0) is 19.8 Å². The fourth-order valence-electron chi connectivity index (χ4n) is 3.90. The van der Waals surface area contributed by atoms with Crippen molar-refractivity contribution in [2.45, 2.75) is 26.6 Å².